The molecular formula is C24H30O9. The Morgan fingerprint density at radius 1 is 0.545 bits per heavy atom. The molecule has 0 atom stereocenters. The number of carbonyl (C=O) groups excluding carboxylic acids is 3. The van der Waals surface area contributed by atoms with Crippen molar-refractivity contribution in [3.63, 3.8) is 0 Å². The van der Waals surface area contributed by atoms with Crippen LogP contribution in [0.4, 0.5) is 0 Å². The van der Waals surface area contributed by atoms with Crippen LogP contribution in [0.25, 0.3) is 0 Å². The van der Waals surface area contributed by atoms with E-state index < -0.39 is 17.9 Å². The second-order valence-corrected chi connectivity index (χ2v) is 6.38. The number of hydrogen-bond donors (Lipinski definition) is 0. The molecule has 0 spiro atoms. The number of esters is 3. The van der Waals surface area contributed by atoms with E-state index in [1.54, 1.807) is 0 Å². The second-order valence-electron chi connectivity index (χ2n) is 6.38. The van der Waals surface area contributed by atoms with Crippen LogP contribution in [0.1, 0.15) is 50.3 Å². The topological polar surface area (TPSA) is 107 Å². The highest BCUT2D eigenvalue weighted by Crippen LogP contribution is 2.15. The normalized spacial score (nSPS) is 9.82. The molecule has 0 aliphatic carbocycles. The Bertz CT molecular complexity index is 684. The lowest BCUT2D eigenvalue weighted by atomic mass is 10.1. The minimum atomic E-state index is -0.698. The summed E-state index contributed by atoms with van der Waals surface area (Å²) >= 11 is 0. The molecule has 0 aromatic heterocycles. The first-order chi connectivity index (χ1) is 16.0. The number of carbonyl (C=O) groups is 3. The van der Waals surface area contributed by atoms with Crippen molar-refractivity contribution in [3.05, 3.63) is 73.4 Å². The summed E-state index contributed by atoms with van der Waals surface area (Å²) in [4.78, 5) is 37.4. The SMILES string of the molecule is C=COCCCOC(=O)c1cc(C(=O)OCCCOC=C)cc(C(=O)OCCCOC=C)c1. The molecule has 9 heteroatoms. The fourth-order valence-electron chi connectivity index (χ4n) is 2.40. The summed E-state index contributed by atoms with van der Waals surface area (Å²) in [5.41, 5.74) is 0.0584. The van der Waals surface area contributed by atoms with E-state index in [9.17, 15) is 14.4 Å². The van der Waals surface area contributed by atoms with Crippen molar-refractivity contribution in [1.29, 1.82) is 0 Å². The lowest BCUT2D eigenvalue weighted by Crippen LogP contribution is -2.15. The molecule has 1 aromatic rings. The summed E-state index contributed by atoms with van der Waals surface area (Å²) < 4.78 is 30.5. The predicted molar refractivity (Wildman–Crippen MR) is 120 cm³/mol. The van der Waals surface area contributed by atoms with Gasteiger partial charge in [0.15, 0.2) is 0 Å². The second kappa shape index (κ2) is 16.9. The molecule has 1 rings (SSSR count). The molecule has 0 amide bonds. The van der Waals surface area contributed by atoms with Gasteiger partial charge in [0.1, 0.15) is 0 Å². The molecule has 0 aliphatic heterocycles. The van der Waals surface area contributed by atoms with Crippen LogP contribution >= 0.6 is 0 Å². The Morgan fingerprint density at radius 2 is 0.818 bits per heavy atom. The third-order valence-electron chi connectivity index (χ3n) is 3.91. The maximum absolute atomic E-state index is 12.5. The first-order valence-electron chi connectivity index (χ1n) is 10.4. The number of hydrogen-bond acceptors (Lipinski definition) is 9. The van der Waals surface area contributed by atoms with Gasteiger partial charge >= 0.3 is 17.9 Å². The lowest BCUT2D eigenvalue weighted by Gasteiger charge is -2.11. The molecule has 0 saturated heterocycles. The van der Waals surface area contributed by atoms with Crippen molar-refractivity contribution in [2.75, 3.05) is 39.6 Å². The number of rotatable bonds is 18. The molecular weight excluding hydrogens is 432 g/mol. The molecule has 0 aliphatic rings. The van der Waals surface area contributed by atoms with Gasteiger partial charge in [0, 0.05) is 19.3 Å². The monoisotopic (exact) mass is 462 g/mol. The van der Waals surface area contributed by atoms with E-state index in [2.05, 4.69) is 19.7 Å². The van der Waals surface area contributed by atoms with Crippen LogP contribution in [-0.4, -0.2) is 57.5 Å². The Morgan fingerprint density at radius 3 is 1.06 bits per heavy atom. The van der Waals surface area contributed by atoms with Crippen LogP contribution in [0.5, 0.6) is 0 Å². The molecule has 1 aromatic carbocycles. The minimum absolute atomic E-state index is 0.0195. The zero-order valence-corrected chi connectivity index (χ0v) is 18.6. The highest BCUT2D eigenvalue weighted by Gasteiger charge is 2.19. The average molecular weight is 462 g/mol. The van der Waals surface area contributed by atoms with E-state index in [0.717, 1.165) is 0 Å². The third kappa shape index (κ3) is 11.4. The average Bonchev–Trinajstić information content (AvgIpc) is 2.83. The molecule has 9 nitrogen and oxygen atoms in total. The van der Waals surface area contributed by atoms with Crippen LogP contribution in [0.15, 0.2) is 56.7 Å². The van der Waals surface area contributed by atoms with E-state index >= 15 is 0 Å². The van der Waals surface area contributed by atoms with Crippen molar-refractivity contribution in [1.82, 2.24) is 0 Å². The summed E-state index contributed by atoms with van der Waals surface area (Å²) in [5.74, 6) is -2.09. The highest BCUT2D eigenvalue weighted by atomic mass is 16.5. The van der Waals surface area contributed by atoms with Crippen molar-refractivity contribution in [2.24, 2.45) is 0 Å². The summed E-state index contributed by atoms with van der Waals surface area (Å²) in [6.07, 6.45) is 5.24. The molecule has 0 bridgehead atoms. The van der Waals surface area contributed by atoms with Crippen molar-refractivity contribution in [2.45, 2.75) is 19.3 Å². The van der Waals surface area contributed by atoms with Gasteiger partial charge < -0.3 is 28.4 Å². The van der Waals surface area contributed by atoms with Crippen LogP contribution in [-0.2, 0) is 28.4 Å². The Balaban J connectivity index is 2.87. The van der Waals surface area contributed by atoms with Gasteiger partial charge in [0.2, 0.25) is 0 Å². The molecule has 33 heavy (non-hydrogen) atoms. The van der Waals surface area contributed by atoms with E-state index in [4.69, 9.17) is 28.4 Å². The van der Waals surface area contributed by atoms with E-state index in [0.29, 0.717) is 39.1 Å². The van der Waals surface area contributed by atoms with Crippen LogP contribution in [0.3, 0.4) is 0 Å². The van der Waals surface area contributed by atoms with Crippen molar-refractivity contribution < 1.29 is 42.8 Å². The molecule has 0 unspecified atom stereocenters. The third-order valence-corrected chi connectivity index (χ3v) is 3.91. The van der Waals surface area contributed by atoms with Gasteiger partial charge in [-0.2, -0.15) is 0 Å². The van der Waals surface area contributed by atoms with Gasteiger partial charge in [-0.15, -0.1) is 0 Å². The molecule has 0 heterocycles. The number of benzene rings is 1. The van der Waals surface area contributed by atoms with Gasteiger partial charge in [-0.25, -0.2) is 14.4 Å². The first-order valence-corrected chi connectivity index (χ1v) is 10.4. The largest absolute Gasteiger partial charge is 0.502 e. The van der Waals surface area contributed by atoms with E-state index in [-0.39, 0.29) is 36.5 Å². The van der Waals surface area contributed by atoms with E-state index in [1.807, 2.05) is 0 Å². The molecule has 0 fully saturated rings. The van der Waals surface area contributed by atoms with Gasteiger partial charge in [0.25, 0.3) is 0 Å². The zero-order chi connectivity index (χ0) is 24.3. The summed E-state index contributed by atoms with van der Waals surface area (Å²) in [6, 6.07) is 3.92. The zero-order valence-electron chi connectivity index (χ0n) is 18.6. The van der Waals surface area contributed by atoms with Crippen molar-refractivity contribution in [3.8, 4) is 0 Å². The fourth-order valence-corrected chi connectivity index (χ4v) is 2.40. The van der Waals surface area contributed by atoms with Gasteiger partial charge in [-0.1, -0.05) is 19.7 Å². The first kappa shape index (κ1) is 27.3. The van der Waals surface area contributed by atoms with Crippen LogP contribution < -0.4 is 0 Å². The minimum Gasteiger partial charge on any atom is -0.502 e. The fraction of sp³-hybridized carbons (Fsp3) is 0.375. The highest BCUT2D eigenvalue weighted by molar-refractivity contribution is 6.00. The van der Waals surface area contributed by atoms with Crippen LogP contribution in [0.2, 0.25) is 0 Å². The van der Waals surface area contributed by atoms with E-state index in [1.165, 1.54) is 37.0 Å². The lowest BCUT2D eigenvalue weighted by molar-refractivity contribution is 0.0476. The summed E-state index contributed by atoms with van der Waals surface area (Å²) in [6.45, 7) is 11.6. The Kier molecular flexibility index (Phi) is 14.0. The summed E-state index contributed by atoms with van der Waals surface area (Å²) in [5, 5.41) is 0. The summed E-state index contributed by atoms with van der Waals surface area (Å²) in [7, 11) is 0. The maximum Gasteiger partial charge on any atom is 0.338 e. The molecule has 0 radical (unpaired) electrons. The Labute approximate surface area is 193 Å². The van der Waals surface area contributed by atoms with Crippen molar-refractivity contribution >= 4 is 17.9 Å². The Hall–Kier alpha value is -3.75. The molecule has 0 N–H and O–H groups in total. The van der Waals surface area contributed by atoms with Gasteiger partial charge in [-0.05, 0) is 18.2 Å². The van der Waals surface area contributed by atoms with Crippen LogP contribution in [0, 0.1) is 0 Å². The quantitative estimate of drug-likeness (QED) is 0.139. The smallest absolute Gasteiger partial charge is 0.338 e. The maximum atomic E-state index is 12.5. The molecule has 180 valence electrons. The van der Waals surface area contributed by atoms with Gasteiger partial charge in [-0.3, -0.25) is 0 Å². The molecule has 0 saturated carbocycles. The predicted octanol–water partition coefficient (Wildman–Crippen LogP) is 3.81. The standard InChI is InChI=1S/C24H30O9/c1-4-28-10-7-13-31-22(25)19-16-20(23(26)32-14-8-11-29-5-2)18-21(17-19)24(27)33-15-9-12-30-6-3/h4-6,16-18H,1-3,7-15H2. The van der Waals surface area contributed by atoms with Gasteiger partial charge in [0.05, 0.1) is 75.1 Å². The number of ether oxygens (including phenoxy) is 6.